The van der Waals surface area contributed by atoms with Crippen LogP contribution in [0.3, 0.4) is 0 Å². The van der Waals surface area contributed by atoms with Crippen molar-refractivity contribution in [2.24, 2.45) is 0 Å². The second-order valence-corrected chi connectivity index (χ2v) is 0. The zero-order chi connectivity index (χ0) is 0. The maximum Gasteiger partial charge on any atom is 3.00 e. The molecule has 5 heavy (non-hydrogen) atoms. The van der Waals surface area contributed by atoms with Gasteiger partial charge in [-0.2, -0.15) is 0 Å². The van der Waals surface area contributed by atoms with Gasteiger partial charge in [0, 0.05) is 0 Å². The minimum atomic E-state index is 0. The predicted octanol–water partition coefficient (Wildman–Crippen LogP) is -0.361. The fraction of sp³-hybridized carbons (Fsp3) is 0. The smallest absolute Gasteiger partial charge is 2.00 e. The van der Waals surface area contributed by atoms with E-state index in [-0.39, 0.29) is 59.9 Å². The Morgan fingerprint density at radius 2 is 0.400 bits per heavy atom. The molecule has 0 bridgehead atoms. The summed E-state index contributed by atoms with van der Waals surface area (Å²) in [7, 11) is 0. The topological polar surface area (TPSA) is 85.5 Å². The van der Waals surface area contributed by atoms with Gasteiger partial charge in [-0.05, 0) is 0 Å². The van der Waals surface area contributed by atoms with E-state index in [1.807, 2.05) is 0 Å². The Bertz CT molecular complexity index is 4.85. The van der Waals surface area contributed by atoms with E-state index < -0.39 is 0 Å². The molecule has 0 aliphatic rings. The number of hydrogen-bond acceptors (Lipinski definition) is 0. The van der Waals surface area contributed by atoms with Crippen LogP contribution in [-0.4, -0.2) is 0 Å². The van der Waals surface area contributed by atoms with Crippen LogP contribution >= 0.6 is 0 Å². The molecule has 0 unspecified atom stereocenters. The molecular formula is O3Ti2. The molecule has 0 saturated carbocycles. The molecule has 0 saturated heterocycles. The van der Waals surface area contributed by atoms with Crippen molar-refractivity contribution in [2.45, 2.75) is 0 Å². The van der Waals surface area contributed by atoms with Crippen molar-refractivity contribution in [1.82, 2.24) is 0 Å². The largest absolute Gasteiger partial charge is 3.00 e. The summed E-state index contributed by atoms with van der Waals surface area (Å²) in [6.45, 7) is 0. The SMILES string of the molecule is [O-2].[O-2].[O-2].[Ti+3].[Ti+3]. The van der Waals surface area contributed by atoms with Crippen LogP contribution in [0.4, 0.5) is 0 Å². The van der Waals surface area contributed by atoms with Crippen molar-refractivity contribution in [3.05, 3.63) is 0 Å². The quantitative estimate of drug-likeness (QED) is 0.415. The van der Waals surface area contributed by atoms with Crippen molar-refractivity contribution in [3.8, 4) is 0 Å². The van der Waals surface area contributed by atoms with E-state index in [1.165, 1.54) is 0 Å². The van der Waals surface area contributed by atoms with Gasteiger partial charge in [-0.1, -0.05) is 0 Å². The predicted molar refractivity (Wildman–Crippen MR) is 2.06 cm³/mol. The molecule has 0 spiro atoms. The van der Waals surface area contributed by atoms with E-state index in [0.29, 0.717) is 0 Å². The van der Waals surface area contributed by atoms with Crippen LogP contribution in [0.2, 0.25) is 0 Å². The minimum Gasteiger partial charge on any atom is -2.00 e. The Morgan fingerprint density at radius 3 is 0.400 bits per heavy atom. The van der Waals surface area contributed by atoms with Crippen LogP contribution in [0.25, 0.3) is 0 Å². The van der Waals surface area contributed by atoms with Crippen molar-refractivity contribution in [2.75, 3.05) is 0 Å². The monoisotopic (exact) mass is 144 g/mol. The standard InChI is InChI=1S/3O.2Ti/q3*-2;2*+3. The summed E-state index contributed by atoms with van der Waals surface area (Å²) in [5, 5.41) is 0. The van der Waals surface area contributed by atoms with Crippen LogP contribution in [0.1, 0.15) is 0 Å². The van der Waals surface area contributed by atoms with E-state index in [9.17, 15) is 0 Å². The molecule has 0 rings (SSSR count). The summed E-state index contributed by atoms with van der Waals surface area (Å²) in [4.78, 5) is 0. The molecule has 0 aromatic heterocycles. The zero-order valence-corrected chi connectivity index (χ0v) is 5.35. The van der Waals surface area contributed by atoms with E-state index in [0.717, 1.165) is 0 Å². The molecule has 0 amide bonds. The molecule has 5 heteroatoms. The second kappa shape index (κ2) is 57.6. The Morgan fingerprint density at radius 1 is 0.400 bits per heavy atom. The third-order valence-electron chi connectivity index (χ3n) is 0. The van der Waals surface area contributed by atoms with Gasteiger partial charge < -0.3 is 16.4 Å². The summed E-state index contributed by atoms with van der Waals surface area (Å²) in [6, 6.07) is 0. The summed E-state index contributed by atoms with van der Waals surface area (Å²) >= 11 is 0. The average molecular weight is 144 g/mol. The second-order valence-electron chi connectivity index (χ2n) is 0. The third kappa shape index (κ3) is 33.9. The Kier molecular flexibility index (Phi) is 1200. The fourth-order valence-corrected chi connectivity index (χ4v) is 0. The Balaban J connectivity index is 0. The van der Waals surface area contributed by atoms with Crippen molar-refractivity contribution >= 4 is 0 Å². The summed E-state index contributed by atoms with van der Waals surface area (Å²) in [5.74, 6) is 0. The van der Waals surface area contributed by atoms with Gasteiger partial charge in [0.1, 0.15) is 0 Å². The molecule has 3 nitrogen and oxygen atoms in total. The molecule has 0 aliphatic carbocycles. The molecule has 0 aliphatic heterocycles. The molecule has 0 fully saturated rings. The third-order valence-corrected chi connectivity index (χ3v) is 0. The molecule has 0 aromatic carbocycles. The van der Waals surface area contributed by atoms with Gasteiger partial charge in [-0.25, -0.2) is 0 Å². The van der Waals surface area contributed by atoms with E-state index in [1.54, 1.807) is 0 Å². The average Bonchev–Trinajstić information content (AvgIpc) is 0. The van der Waals surface area contributed by atoms with Crippen LogP contribution in [0, 0.1) is 0 Å². The van der Waals surface area contributed by atoms with Crippen LogP contribution in [0.5, 0.6) is 0 Å². The maximum absolute atomic E-state index is 0. The van der Waals surface area contributed by atoms with Crippen molar-refractivity contribution in [1.29, 1.82) is 0 Å². The van der Waals surface area contributed by atoms with Gasteiger partial charge in [0.2, 0.25) is 0 Å². The van der Waals surface area contributed by atoms with Crippen molar-refractivity contribution < 1.29 is 59.9 Å². The van der Waals surface area contributed by atoms with Gasteiger partial charge in [-0.3, -0.25) is 0 Å². The van der Waals surface area contributed by atoms with E-state index in [2.05, 4.69) is 0 Å². The first kappa shape index (κ1) is 104. The first-order valence-electron chi connectivity index (χ1n) is 0. The summed E-state index contributed by atoms with van der Waals surface area (Å²) in [6.07, 6.45) is 0. The fourth-order valence-electron chi connectivity index (χ4n) is 0. The van der Waals surface area contributed by atoms with Crippen LogP contribution in [-0.2, 0) is 59.9 Å². The first-order chi connectivity index (χ1) is 0. The van der Waals surface area contributed by atoms with Gasteiger partial charge in [0.25, 0.3) is 0 Å². The van der Waals surface area contributed by atoms with Crippen LogP contribution in [0.15, 0.2) is 0 Å². The number of hydrogen-bond donors (Lipinski definition) is 0. The Hall–Kier alpha value is 1.31. The van der Waals surface area contributed by atoms with E-state index >= 15 is 0 Å². The summed E-state index contributed by atoms with van der Waals surface area (Å²) in [5.41, 5.74) is 0. The normalized spacial score (nSPS) is 0. The molecule has 0 aromatic rings. The molecule has 0 N–H and O–H groups in total. The van der Waals surface area contributed by atoms with E-state index in [4.69, 9.17) is 0 Å². The first-order valence-corrected chi connectivity index (χ1v) is 0. The molecule has 0 heterocycles. The molecule has 2 radical (unpaired) electrons. The van der Waals surface area contributed by atoms with Gasteiger partial charge in [0.15, 0.2) is 0 Å². The molecule has 26 valence electrons. The minimum absolute atomic E-state index is 0. The van der Waals surface area contributed by atoms with Crippen LogP contribution < -0.4 is 0 Å². The number of rotatable bonds is 0. The molecular weight excluding hydrogens is 144 g/mol. The van der Waals surface area contributed by atoms with Gasteiger partial charge >= 0.3 is 43.4 Å². The Labute approximate surface area is 59.8 Å². The molecule has 0 atom stereocenters. The maximum atomic E-state index is 0. The zero-order valence-electron chi connectivity index (χ0n) is 2.22. The van der Waals surface area contributed by atoms with Crippen molar-refractivity contribution in [3.63, 3.8) is 0 Å². The summed E-state index contributed by atoms with van der Waals surface area (Å²) < 4.78 is 0. The van der Waals surface area contributed by atoms with Gasteiger partial charge in [0.05, 0.1) is 0 Å². The van der Waals surface area contributed by atoms with Gasteiger partial charge in [-0.15, -0.1) is 0 Å².